The van der Waals surface area contributed by atoms with Crippen LogP contribution >= 0.6 is 0 Å². The van der Waals surface area contributed by atoms with Gasteiger partial charge >= 0.3 is 0 Å². The van der Waals surface area contributed by atoms with Gasteiger partial charge in [0.1, 0.15) is 0 Å². The highest BCUT2D eigenvalue weighted by Crippen LogP contribution is 2.40. The van der Waals surface area contributed by atoms with Crippen molar-refractivity contribution in [1.82, 2.24) is 4.98 Å². The van der Waals surface area contributed by atoms with Gasteiger partial charge in [0.15, 0.2) is 0 Å². The molecule has 1 N–H and O–H groups in total. The Morgan fingerprint density at radius 3 is 1.88 bits per heavy atom. The van der Waals surface area contributed by atoms with Gasteiger partial charge in [0.2, 0.25) is 0 Å². The third-order valence-electron chi connectivity index (χ3n) is 4.39. The number of nitrogens with zero attached hydrogens (tertiary/aromatic N) is 1. The fourth-order valence-electron chi connectivity index (χ4n) is 3.05. The van der Waals surface area contributed by atoms with E-state index in [4.69, 9.17) is 0 Å². The highest BCUT2D eigenvalue weighted by molar-refractivity contribution is 5.64. The first kappa shape index (κ1) is 18.5. The van der Waals surface area contributed by atoms with E-state index in [0.717, 1.165) is 5.69 Å². The first-order chi connectivity index (χ1) is 11.0. The number of pyridine rings is 1. The van der Waals surface area contributed by atoms with E-state index >= 15 is 0 Å². The fourth-order valence-corrected chi connectivity index (χ4v) is 3.05. The molecule has 1 aromatic carbocycles. The molecule has 0 bridgehead atoms. The summed E-state index contributed by atoms with van der Waals surface area (Å²) in [4.78, 5) is 4.51. The normalized spacial score (nSPS) is 13.7. The molecule has 2 heteroatoms. The third-order valence-corrected chi connectivity index (χ3v) is 4.39. The Balaban J connectivity index is 2.57. The van der Waals surface area contributed by atoms with Crippen LogP contribution in [-0.2, 0) is 10.8 Å². The van der Waals surface area contributed by atoms with Gasteiger partial charge in [0.05, 0.1) is 11.7 Å². The second kappa shape index (κ2) is 6.58. The number of hydrogen-bond donors (Lipinski definition) is 1. The highest BCUT2D eigenvalue weighted by atomic mass is 14.9. The van der Waals surface area contributed by atoms with E-state index in [1.807, 2.05) is 18.3 Å². The molecule has 1 atom stereocenters. The lowest BCUT2D eigenvalue weighted by Gasteiger charge is -2.32. The van der Waals surface area contributed by atoms with Crippen LogP contribution in [-0.4, -0.2) is 4.98 Å². The molecule has 0 aliphatic heterocycles. The minimum atomic E-state index is 0.0815. The number of benzene rings is 1. The molecular weight excluding hydrogens is 292 g/mol. The zero-order valence-corrected chi connectivity index (χ0v) is 16.5. The maximum atomic E-state index is 4.51. The van der Waals surface area contributed by atoms with Crippen LogP contribution < -0.4 is 5.32 Å². The molecule has 0 fully saturated rings. The summed E-state index contributed by atoms with van der Waals surface area (Å²) in [7, 11) is 0. The van der Waals surface area contributed by atoms with Crippen molar-refractivity contribution < 1.29 is 0 Å². The summed E-state index contributed by atoms with van der Waals surface area (Å²) in [6.45, 7) is 18.1. The van der Waals surface area contributed by atoms with Crippen LogP contribution in [0.4, 0.5) is 5.69 Å². The first-order valence-electron chi connectivity index (χ1n) is 8.83. The largest absolute Gasteiger partial charge is 0.376 e. The van der Waals surface area contributed by atoms with Gasteiger partial charge in [-0.2, -0.15) is 0 Å². The van der Waals surface area contributed by atoms with Gasteiger partial charge in [-0.15, -0.1) is 0 Å². The summed E-state index contributed by atoms with van der Waals surface area (Å²) in [5.41, 5.74) is 6.55. The summed E-state index contributed by atoms with van der Waals surface area (Å²) >= 11 is 0. The van der Waals surface area contributed by atoms with Crippen molar-refractivity contribution in [3.8, 4) is 0 Å². The first-order valence-corrected chi connectivity index (χ1v) is 8.83. The van der Waals surface area contributed by atoms with Gasteiger partial charge < -0.3 is 5.32 Å². The predicted molar refractivity (Wildman–Crippen MR) is 105 cm³/mol. The van der Waals surface area contributed by atoms with E-state index in [2.05, 4.69) is 83.9 Å². The fraction of sp³-hybridized carbons (Fsp3) is 0.500. The lowest BCUT2D eigenvalue weighted by molar-refractivity contribution is 0.568. The highest BCUT2D eigenvalue weighted by Gasteiger charge is 2.27. The number of aryl methyl sites for hydroxylation is 1. The van der Waals surface area contributed by atoms with E-state index in [1.165, 1.54) is 22.4 Å². The molecule has 1 heterocycles. The lowest BCUT2D eigenvalue weighted by Crippen LogP contribution is -2.23. The van der Waals surface area contributed by atoms with Gasteiger partial charge in [0.25, 0.3) is 0 Å². The van der Waals surface area contributed by atoms with Crippen molar-refractivity contribution in [2.24, 2.45) is 0 Å². The zero-order valence-electron chi connectivity index (χ0n) is 16.5. The summed E-state index contributed by atoms with van der Waals surface area (Å²) < 4.78 is 0. The second-order valence-electron chi connectivity index (χ2n) is 8.86. The molecule has 2 nitrogen and oxygen atoms in total. The molecule has 0 aliphatic carbocycles. The Kier molecular flexibility index (Phi) is 5.08. The molecule has 0 spiro atoms. The standard InChI is InChI=1S/C22H32N2/c1-15-13-17(21(3,4)5)20(18(14-15)22(6,7)8)24-16(2)19-11-9-10-12-23-19/h9-14,16,24H,1-8H3. The molecule has 2 rings (SSSR count). The number of hydrogen-bond acceptors (Lipinski definition) is 2. The summed E-state index contributed by atoms with van der Waals surface area (Å²) in [5, 5.41) is 3.77. The van der Waals surface area contributed by atoms with Crippen LogP contribution in [0.5, 0.6) is 0 Å². The van der Waals surface area contributed by atoms with Gasteiger partial charge in [-0.1, -0.05) is 65.3 Å². The summed E-state index contributed by atoms with van der Waals surface area (Å²) in [6, 6.07) is 10.9. The summed E-state index contributed by atoms with van der Waals surface area (Å²) in [6.07, 6.45) is 1.86. The number of rotatable bonds is 3. The van der Waals surface area contributed by atoms with Crippen molar-refractivity contribution in [3.63, 3.8) is 0 Å². The molecule has 130 valence electrons. The molecule has 24 heavy (non-hydrogen) atoms. The van der Waals surface area contributed by atoms with Crippen molar-refractivity contribution in [1.29, 1.82) is 0 Å². The SMILES string of the molecule is Cc1cc(C(C)(C)C)c(NC(C)c2ccccn2)c(C(C)(C)C)c1. The van der Waals surface area contributed by atoms with Gasteiger partial charge in [-0.3, -0.25) is 4.98 Å². The Hall–Kier alpha value is -1.83. The van der Waals surface area contributed by atoms with Crippen LogP contribution in [0.1, 0.15) is 76.9 Å². The average Bonchev–Trinajstić information content (AvgIpc) is 2.47. The molecular formula is C22H32N2. The lowest BCUT2D eigenvalue weighted by atomic mass is 9.77. The van der Waals surface area contributed by atoms with E-state index in [-0.39, 0.29) is 16.9 Å². The topological polar surface area (TPSA) is 24.9 Å². The number of anilines is 1. The van der Waals surface area contributed by atoms with Crippen molar-refractivity contribution in [2.45, 2.75) is 72.3 Å². The molecule has 0 saturated carbocycles. The Bertz CT molecular complexity index is 653. The molecule has 1 aromatic heterocycles. The molecule has 0 saturated heterocycles. The third kappa shape index (κ3) is 4.17. The molecule has 2 aromatic rings. The van der Waals surface area contributed by atoms with Crippen LogP contribution in [0.2, 0.25) is 0 Å². The van der Waals surface area contributed by atoms with E-state index in [0.29, 0.717) is 0 Å². The monoisotopic (exact) mass is 324 g/mol. The van der Waals surface area contributed by atoms with Crippen LogP contribution in [0.25, 0.3) is 0 Å². The predicted octanol–water partition coefficient (Wildman–Crippen LogP) is 6.16. The Labute approximate surface area is 147 Å². The molecule has 0 aliphatic rings. The smallest absolute Gasteiger partial charge is 0.0657 e. The molecule has 1 unspecified atom stereocenters. The van der Waals surface area contributed by atoms with Crippen LogP contribution in [0, 0.1) is 6.92 Å². The Morgan fingerprint density at radius 1 is 0.917 bits per heavy atom. The number of aromatic nitrogens is 1. The quantitative estimate of drug-likeness (QED) is 0.731. The minimum Gasteiger partial charge on any atom is -0.376 e. The molecule has 0 radical (unpaired) electrons. The molecule has 0 amide bonds. The van der Waals surface area contributed by atoms with Crippen LogP contribution in [0.15, 0.2) is 36.5 Å². The Morgan fingerprint density at radius 2 is 1.46 bits per heavy atom. The van der Waals surface area contributed by atoms with Crippen molar-refractivity contribution in [2.75, 3.05) is 5.32 Å². The van der Waals surface area contributed by atoms with Crippen molar-refractivity contribution >= 4 is 5.69 Å². The van der Waals surface area contributed by atoms with Crippen molar-refractivity contribution in [3.05, 3.63) is 58.9 Å². The zero-order chi connectivity index (χ0) is 18.1. The van der Waals surface area contributed by atoms with E-state index < -0.39 is 0 Å². The van der Waals surface area contributed by atoms with Gasteiger partial charge in [-0.25, -0.2) is 0 Å². The minimum absolute atomic E-state index is 0.0815. The maximum absolute atomic E-state index is 4.51. The number of nitrogens with one attached hydrogen (secondary N) is 1. The van der Waals surface area contributed by atoms with E-state index in [9.17, 15) is 0 Å². The van der Waals surface area contributed by atoms with Crippen LogP contribution in [0.3, 0.4) is 0 Å². The maximum Gasteiger partial charge on any atom is 0.0657 e. The van der Waals surface area contributed by atoms with E-state index in [1.54, 1.807) is 0 Å². The average molecular weight is 325 g/mol. The van der Waals surface area contributed by atoms with Gasteiger partial charge in [-0.05, 0) is 47.9 Å². The van der Waals surface area contributed by atoms with Gasteiger partial charge in [0, 0.05) is 11.9 Å². The second-order valence-corrected chi connectivity index (χ2v) is 8.86. The summed E-state index contributed by atoms with van der Waals surface area (Å²) in [5.74, 6) is 0.